The molecule has 2 heterocycles. The Labute approximate surface area is 265 Å². The number of aromatic nitrogens is 1. The Hall–Kier alpha value is -3.80. The summed E-state index contributed by atoms with van der Waals surface area (Å²) in [6.07, 6.45) is 4.26. The molecule has 1 unspecified atom stereocenters. The van der Waals surface area contributed by atoms with Crippen molar-refractivity contribution in [3.8, 4) is 0 Å². The van der Waals surface area contributed by atoms with Crippen molar-refractivity contribution in [2.45, 2.75) is 30.1 Å². The third-order valence-electron chi connectivity index (χ3n) is 7.28. The lowest BCUT2D eigenvalue weighted by atomic mass is 10.1. The Morgan fingerprint density at radius 2 is 1.73 bits per heavy atom. The fourth-order valence-electron chi connectivity index (χ4n) is 5.07. The van der Waals surface area contributed by atoms with Crippen LogP contribution in [-0.2, 0) is 25.7 Å². The van der Waals surface area contributed by atoms with E-state index in [2.05, 4.69) is 10.3 Å². The van der Waals surface area contributed by atoms with Crippen molar-refractivity contribution in [3.63, 3.8) is 0 Å². The number of anilines is 2. The smallest absolute Gasteiger partial charge is 0.262 e. The van der Waals surface area contributed by atoms with E-state index in [9.17, 15) is 18.0 Å². The van der Waals surface area contributed by atoms with Gasteiger partial charge in [0.15, 0.2) is 9.84 Å². The number of ether oxygens (including phenoxy) is 2. The molecule has 0 saturated heterocycles. The summed E-state index contributed by atoms with van der Waals surface area (Å²) in [7, 11) is -2.26. The molecule has 12 heteroatoms. The van der Waals surface area contributed by atoms with Gasteiger partial charge in [-0.25, -0.2) is 8.42 Å². The number of rotatable bonds is 9. The number of nitrogens with one attached hydrogen (secondary N) is 1. The number of benzene rings is 3. The summed E-state index contributed by atoms with van der Waals surface area (Å²) in [4.78, 5) is 32.4. The van der Waals surface area contributed by atoms with Crippen LogP contribution in [0.4, 0.5) is 11.4 Å². The van der Waals surface area contributed by atoms with Gasteiger partial charge in [-0.15, -0.1) is 0 Å². The van der Waals surface area contributed by atoms with Crippen LogP contribution in [-0.4, -0.2) is 50.6 Å². The molecule has 0 radical (unpaired) electrons. The Morgan fingerprint density at radius 1 is 1.00 bits per heavy atom. The number of carbonyl (C=O) groups is 2. The van der Waals surface area contributed by atoms with Gasteiger partial charge in [0, 0.05) is 42.2 Å². The van der Waals surface area contributed by atoms with E-state index in [-0.39, 0.29) is 35.1 Å². The lowest BCUT2D eigenvalue weighted by Crippen LogP contribution is -2.56. The zero-order chi connectivity index (χ0) is 31.3. The third-order valence-corrected chi connectivity index (χ3v) is 9.54. The predicted molar refractivity (Wildman–Crippen MR) is 169 cm³/mol. The largest absolute Gasteiger partial charge is 0.336 e. The number of pyridine rings is 1. The monoisotopic (exact) mass is 653 g/mol. The molecular formula is C32H29Cl2N3O6S. The van der Waals surface area contributed by atoms with E-state index >= 15 is 0 Å². The fourth-order valence-corrected chi connectivity index (χ4v) is 6.56. The van der Waals surface area contributed by atoms with Crippen molar-refractivity contribution in [1.29, 1.82) is 0 Å². The van der Waals surface area contributed by atoms with Crippen molar-refractivity contribution < 1.29 is 27.5 Å². The maximum Gasteiger partial charge on any atom is 0.262 e. The van der Waals surface area contributed by atoms with Crippen molar-refractivity contribution in [2.24, 2.45) is 0 Å². The number of methoxy groups -OCH3 is 1. The zero-order valence-corrected chi connectivity index (χ0v) is 26.0. The molecule has 1 aliphatic heterocycles. The van der Waals surface area contributed by atoms with Crippen LogP contribution < -0.4 is 10.2 Å². The van der Waals surface area contributed by atoms with E-state index in [0.717, 1.165) is 5.56 Å². The highest BCUT2D eigenvalue weighted by molar-refractivity contribution is 7.91. The second-order valence-electron chi connectivity index (χ2n) is 10.0. The van der Waals surface area contributed by atoms with Gasteiger partial charge in [0.2, 0.25) is 0 Å². The van der Waals surface area contributed by atoms with Gasteiger partial charge in [-0.05, 0) is 85.1 Å². The first-order chi connectivity index (χ1) is 21.1. The molecular weight excluding hydrogens is 625 g/mol. The SMILES string of the molecule is COC1(OCCS(=O)(=O)c2ccncc2)CCCc2cc(Cl)ccc2N1C(=O)c1ccc(NC(=O)c2ccccc2Cl)cc1. The van der Waals surface area contributed by atoms with E-state index in [4.69, 9.17) is 32.7 Å². The molecule has 9 nitrogen and oxygen atoms in total. The number of fused-ring (bicyclic) bond motifs is 1. The van der Waals surface area contributed by atoms with Crippen LogP contribution in [0.5, 0.6) is 0 Å². The van der Waals surface area contributed by atoms with Gasteiger partial charge in [-0.1, -0.05) is 35.3 Å². The molecule has 3 aromatic carbocycles. The average molecular weight is 655 g/mol. The molecule has 44 heavy (non-hydrogen) atoms. The van der Waals surface area contributed by atoms with Gasteiger partial charge in [-0.2, -0.15) is 0 Å². The maximum absolute atomic E-state index is 14.3. The number of sulfone groups is 1. The number of hydrogen-bond acceptors (Lipinski definition) is 7. The summed E-state index contributed by atoms with van der Waals surface area (Å²) < 4.78 is 38.0. The Kier molecular flexibility index (Phi) is 9.67. The summed E-state index contributed by atoms with van der Waals surface area (Å²) in [5.74, 6) is -2.78. The second-order valence-corrected chi connectivity index (χ2v) is 13.0. The minimum absolute atomic E-state index is 0.123. The third kappa shape index (κ3) is 6.80. The maximum atomic E-state index is 14.3. The number of carbonyl (C=O) groups excluding carboxylic acids is 2. The molecule has 0 spiro atoms. The van der Waals surface area contributed by atoms with E-state index in [1.54, 1.807) is 66.7 Å². The first kappa shape index (κ1) is 31.6. The van der Waals surface area contributed by atoms with Gasteiger partial charge in [0.1, 0.15) is 0 Å². The summed E-state index contributed by atoms with van der Waals surface area (Å²) in [6, 6.07) is 21.1. The standard InChI is InChI=1S/C32H29Cl2N3O6S/c1-42-32(43-19-20-44(40,41)26-14-17-35-18-15-26)16-4-5-23-21-24(33)10-13-29(23)37(32)31(39)22-8-11-25(12-9-22)36-30(38)27-6-2-3-7-28(27)34/h2-3,6-15,17-18,21H,4-5,16,19-20H2,1H3,(H,36,38). The molecule has 4 aromatic rings. The van der Waals surface area contributed by atoms with Crippen molar-refractivity contribution in [2.75, 3.05) is 29.7 Å². The van der Waals surface area contributed by atoms with Crippen LogP contribution >= 0.6 is 23.2 Å². The molecule has 1 aromatic heterocycles. The van der Waals surface area contributed by atoms with Gasteiger partial charge in [0.05, 0.1) is 33.5 Å². The number of halogens is 2. The molecule has 1 atom stereocenters. The van der Waals surface area contributed by atoms with Gasteiger partial charge in [-0.3, -0.25) is 19.5 Å². The molecule has 2 amide bonds. The van der Waals surface area contributed by atoms with Crippen LogP contribution in [0.3, 0.4) is 0 Å². The van der Waals surface area contributed by atoms with Crippen LogP contribution in [0.15, 0.2) is 96.2 Å². The summed E-state index contributed by atoms with van der Waals surface area (Å²) in [5, 5.41) is 3.62. The van der Waals surface area contributed by atoms with E-state index < -0.39 is 21.7 Å². The summed E-state index contributed by atoms with van der Waals surface area (Å²) >= 11 is 12.5. The molecule has 5 rings (SSSR count). The van der Waals surface area contributed by atoms with E-state index in [1.165, 1.54) is 36.5 Å². The lowest BCUT2D eigenvalue weighted by molar-refractivity contribution is -0.217. The first-order valence-electron chi connectivity index (χ1n) is 13.7. The van der Waals surface area contributed by atoms with Crippen LogP contribution in [0.1, 0.15) is 39.1 Å². The average Bonchev–Trinajstić information content (AvgIpc) is 3.18. The Balaban J connectivity index is 1.43. The van der Waals surface area contributed by atoms with Crippen LogP contribution in [0.25, 0.3) is 0 Å². The van der Waals surface area contributed by atoms with Gasteiger partial charge < -0.3 is 14.8 Å². The van der Waals surface area contributed by atoms with Crippen molar-refractivity contribution in [3.05, 3.63) is 118 Å². The Bertz CT molecular complexity index is 1770. The predicted octanol–water partition coefficient (Wildman–Crippen LogP) is 6.41. The van der Waals surface area contributed by atoms with Crippen molar-refractivity contribution in [1.82, 2.24) is 4.98 Å². The summed E-state index contributed by atoms with van der Waals surface area (Å²) in [5.41, 5.74) is 2.43. The normalized spacial score (nSPS) is 16.6. The molecule has 228 valence electrons. The number of amides is 2. The molecule has 0 aliphatic carbocycles. The van der Waals surface area contributed by atoms with Gasteiger partial charge >= 0.3 is 0 Å². The molecule has 1 aliphatic rings. The van der Waals surface area contributed by atoms with Crippen molar-refractivity contribution >= 4 is 56.2 Å². The van der Waals surface area contributed by atoms with Crippen LogP contribution in [0, 0.1) is 0 Å². The molecule has 0 bridgehead atoms. The molecule has 1 N–H and O–H groups in total. The number of nitrogens with zero attached hydrogens (tertiary/aromatic N) is 2. The Morgan fingerprint density at radius 3 is 2.43 bits per heavy atom. The topological polar surface area (TPSA) is 115 Å². The van der Waals surface area contributed by atoms with Crippen LogP contribution in [0.2, 0.25) is 10.0 Å². The highest BCUT2D eigenvalue weighted by Crippen LogP contribution is 2.39. The minimum atomic E-state index is -3.68. The number of aryl methyl sites for hydroxylation is 1. The highest BCUT2D eigenvalue weighted by atomic mass is 35.5. The minimum Gasteiger partial charge on any atom is -0.336 e. The second kappa shape index (κ2) is 13.5. The molecule has 0 fully saturated rings. The lowest BCUT2D eigenvalue weighted by Gasteiger charge is -2.41. The van der Waals surface area contributed by atoms with E-state index in [0.29, 0.717) is 39.8 Å². The fraction of sp³-hybridized carbons (Fsp3) is 0.219. The molecule has 0 saturated carbocycles. The van der Waals surface area contributed by atoms with Gasteiger partial charge in [0.25, 0.3) is 17.7 Å². The quantitative estimate of drug-likeness (QED) is 0.207. The summed E-state index contributed by atoms with van der Waals surface area (Å²) in [6.45, 7) is -0.238. The first-order valence-corrected chi connectivity index (χ1v) is 16.2. The highest BCUT2D eigenvalue weighted by Gasteiger charge is 2.45. The zero-order valence-electron chi connectivity index (χ0n) is 23.7. The van der Waals surface area contributed by atoms with E-state index in [1.807, 2.05) is 0 Å². The number of hydrogen-bond donors (Lipinski definition) is 1.